The van der Waals surface area contributed by atoms with Crippen LogP contribution in [0.2, 0.25) is 0 Å². The van der Waals surface area contributed by atoms with Crippen LogP contribution in [0.5, 0.6) is 0 Å². The number of hydrogen-bond donors (Lipinski definition) is 1. The Balaban J connectivity index is 1.51. The van der Waals surface area contributed by atoms with Gasteiger partial charge in [0.15, 0.2) is 0 Å². The summed E-state index contributed by atoms with van der Waals surface area (Å²) in [5, 5.41) is 3.05. The smallest absolute Gasteiger partial charge is 0.243 e. The number of sulfonamides is 1. The van der Waals surface area contributed by atoms with Gasteiger partial charge in [-0.3, -0.25) is 4.79 Å². The second-order valence-corrected chi connectivity index (χ2v) is 10.0. The molecule has 154 valence electrons. The van der Waals surface area contributed by atoms with Crippen LogP contribution in [0.1, 0.15) is 56.1 Å². The summed E-state index contributed by atoms with van der Waals surface area (Å²) in [6.45, 7) is 5.22. The molecule has 6 heteroatoms. The highest BCUT2D eigenvalue weighted by Crippen LogP contribution is 2.26. The topological polar surface area (TPSA) is 66.5 Å². The summed E-state index contributed by atoms with van der Waals surface area (Å²) < 4.78 is 27.5. The predicted molar refractivity (Wildman–Crippen MR) is 112 cm³/mol. The Morgan fingerprint density at radius 3 is 2.61 bits per heavy atom. The fraction of sp³-hybridized carbons (Fsp3) is 0.591. The molecule has 0 unspecified atom stereocenters. The van der Waals surface area contributed by atoms with Crippen LogP contribution < -0.4 is 5.32 Å². The minimum Gasteiger partial charge on any atom is -0.356 e. The molecule has 0 radical (unpaired) electrons. The van der Waals surface area contributed by atoms with E-state index in [4.69, 9.17) is 0 Å². The summed E-state index contributed by atoms with van der Waals surface area (Å²) in [5.41, 5.74) is 3.16. The molecule has 0 bridgehead atoms. The Morgan fingerprint density at radius 1 is 1.18 bits per heavy atom. The maximum atomic E-state index is 13.0. The lowest BCUT2D eigenvalue weighted by Crippen LogP contribution is -2.43. The van der Waals surface area contributed by atoms with Gasteiger partial charge >= 0.3 is 0 Å². The number of rotatable bonds is 6. The Morgan fingerprint density at radius 2 is 1.93 bits per heavy atom. The van der Waals surface area contributed by atoms with Crippen LogP contribution in [0.4, 0.5) is 0 Å². The normalized spacial score (nSPS) is 19.3. The van der Waals surface area contributed by atoms with Crippen LogP contribution in [0.25, 0.3) is 0 Å². The number of nitrogens with zero attached hydrogens (tertiary/aromatic N) is 1. The van der Waals surface area contributed by atoms with Gasteiger partial charge in [0.05, 0.1) is 4.90 Å². The van der Waals surface area contributed by atoms with E-state index in [0.29, 0.717) is 37.4 Å². The Hall–Kier alpha value is -1.66. The van der Waals surface area contributed by atoms with Gasteiger partial charge in [0, 0.05) is 25.6 Å². The van der Waals surface area contributed by atoms with Crippen LogP contribution in [-0.4, -0.2) is 38.3 Å². The van der Waals surface area contributed by atoms with E-state index in [0.717, 1.165) is 30.4 Å². The van der Waals surface area contributed by atoms with Crippen molar-refractivity contribution in [3.8, 4) is 0 Å². The van der Waals surface area contributed by atoms with Gasteiger partial charge in [0.2, 0.25) is 15.9 Å². The number of nitrogens with one attached hydrogen (secondary N) is 1. The van der Waals surface area contributed by atoms with Crippen molar-refractivity contribution >= 4 is 15.9 Å². The zero-order valence-electron chi connectivity index (χ0n) is 17.0. The average molecular weight is 405 g/mol. The van der Waals surface area contributed by atoms with Crippen LogP contribution in [-0.2, 0) is 14.8 Å². The number of hydrogen-bond acceptors (Lipinski definition) is 3. The Bertz CT molecular complexity index is 837. The summed E-state index contributed by atoms with van der Waals surface area (Å²) in [5.74, 6) is -0.0226. The SMILES string of the molecule is Cc1ccc(C)c(S(=O)(=O)N2CCC(C(=O)NCCC3=CCCCC3)CC2)c1. The van der Waals surface area contributed by atoms with Gasteiger partial charge in [0.25, 0.3) is 0 Å². The van der Waals surface area contributed by atoms with Gasteiger partial charge in [-0.1, -0.05) is 23.8 Å². The van der Waals surface area contributed by atoms with Crippen molar-refractivity contribution in [3.63, 3.8) is 0 Å². The van der Waals surface area contributed by atoms with E-state index < -0.39 is 10.0 Å². The van der Waals surface area contributed by atoms with Crippen molar-refractivity contribution in [1.29, 1.82) is 0 Å². The molecule has 0 spiro atoms. The molecular weight excluding hydrogens is 372 g/mol. The minimum absolute atomic E-state index is 0.0696. The Labute approximate surface area is 169 Å². The molecule has 0 aromatic heterocycles. The average Bonchev–Trinajstić information content (AvgIpc) is 2.70. The summed E-state index contributed by atoms with van der Waals surface area (Å²) in [7, 11) is -3.50. The summed E-state index contributed by atoms with van der Waals surface area (Å²) in [6, 6.07) is 5.52. The molecular formula is C22H32N2O3S. The lowest BCUT2D eigenvalue weighted by molar-refractivity contribution is -0.126. The van der Waals surface area contributed by atoms with Crippen molar-refractivity contribution in [1.82, 2.24) is 9.62 Å². The molecule has 1 aliphatic carbocycles. The van der Waals surface area contributed by atoms with Crippen LogP contribution in [0.3, 0.4) is 0 Å². The van der Waals surface area contributed by atoms with E-state index in [2.05, 4.69) is 11.4 Å². The number of aryl methyl sites for hydroxylation is 2. The van der Waals surface area contributed by atoms with Crippen molar-refractivity contribution in [2.45, 2.75) is 63.7 Å². The molecule has 1 fully saturated rings. The van der Waals surface area contributed by atoms with E-state index >= 15 is 0 Å². The first kappa shape index (κ1) is 21.1. The van der Waals surface area contributed by atoms with Crippen LogP contribution in [0, 0.1) is 19.8 Å². The first-order valence-electron chi connectivity index (χ1n) is 10.4. The maximum Gasteiger partial charge on any atom is 0.243 e. The van der Waals surface area contributed by atoms with Gasteiger partial charge in [-0.15, -0.1) is 0 Å². The monoisotopic (exact) mass is 404 g/mol. The van der Waals surface area contributed by atoms with E-state index in [1.807, 2.05) is 26.0 Å². The zero-order valence-corrected chi connectivity index (χ0v) is 17.9. The van der Waals surface area contributed by atoms with Gasteiger partial charge in [-0.05, 0) is 76.0 Å². The molecule has 1 aromatic rings. The first-order valence-corrected chi connectivity index (χ1v) is 11.8. The fourth-order valence-electron chi connectivity index (χ4n) is 4.10. The third-order valence-corrected chi connectivity index (χ3v) is 7.96. The molecule has 28 heavy (non-hydrogen) atoms. The number of amides is 1. The highest BCUT2D eigenvalue weighted by molar-refractivity contribution is 7.89. The van der Waals surface area contributed by atoms with E-state index in [-0.39, 0.29) is 11.8 Å². The van der Waals surface area contributed by atoms with Gasteiger partial charge in [-0.25, -0.2) is 8.42 Å². The molecule has 1 aromatic carbocycles. The molecule has 5 nitrogen and oxygen atoms in total. The van der Waals surface area contributed by atoms with Gasteiger partial charge in [0.1, 0.15) is 0 Å². The second kappa shape index (κ2) is 9.23. The van der Waals surface area contributed by atoms with Crippen molar-refractivity contribution in [2.75, 3.05) is 19.6 Å². The van der Waals surface area contributed by atoms with Crippen LogP contribution in [0.15, 0.2) is 34.7 Å². The molecule has 1 saturated heterocycles. The summed E-state index contributed by atoms with van der Waals surface area (Å²) in [4.78, 5) is 12.9. The molecule has 1 amide bonds. The molecule has 1 heterocycles. The minimum atomic E-state index is -3.50. The maximum absolute atomic E-state index is 13.0. The molecule has 0 atom stereocenters. The first-order chi connectivity index (χ1) is 13.4. The van der Waals surface area contributed by atoms with Crippen molar-refractivity contribution < 1.29 is 13.2 Å². The van der Waals surface area contributed by atoms with E-state index in [9.17, 15) is 13.2 Å². The van der Waals surface area contributed by atoms with Crippen LogP contribution >= 0.6 is 0 Å². The quantitative estimate of drug-likeness (QED) is 0.735. The Kier molecular flexibility index (Phi) is 6.94. The van der Waals surface area contributed by atoms with E-state index in [1.54, 1.807) is 6.07 Å². The molecule has 1 N–H and O–H groups in total. The lowest BCUT2D eigenvalue weighted by atomic mass is 9.96. The molecule has 2 aliphatic rings. The molecule has 3 rings (SSSR count). The highest BCUT2D eigenvalue weighted by atomic mass is 32.2. The molecule has 1 aliphatic heterocycles. The zero-order chi connectivity index (χ0) is 20.1. The second-order valence-electron chi connectivity index (χ2n) is 8.10. The largest absolute Gasteiger partial charge is 0.356 e. The van der Waals surface area contributed by atoms with Gasteiger partial charge < -0.3 is 5.32 Å². The number of allylic oxidation sites excluding steroid dienone is 1. The predicted octanol–water partition coefficient (Wildman–Crippen LogP) is 3.71. The summed E-state index contributed by atoms with van der Waals surface area (Å²) in [6.07, 6.45) is 9.27. The fourth-order valence-corrected chi connectivity index (χ4v) is 5.88. The third-order valence-electron chi connectivity index (χ3n) is 5.92. The lowest BCUT2D eigenvalue weighted by Gasteiger charge is -2.31. The van der Waals surface area contributed by atoms with Gasteiger partial charge in [-0.2, -0.15) is 4.31 Å². The van der Waals surface area contributed by atoms with E-state index in [1.165, 1.54) is 22.7 Å². The number of benzene rings is 1. The van der Waals surface area contributed by atoms with Crippen molar-refractivity contribution in [2.24, 2.45) is 5.92 Å². The van der Waals surface area contributed by atoms with Crippen molar-refractivity contribution in [3.05, 3.63) is 41.0 Å². The highest BCUT2D eigenvalue weighted by Gasteiger charge is 2.32. The summed E-state index contributed by atoms with van der Waals surface area (Å²) >= 11 is 0. The standard InChI is InChI=1S/C22H32N2O3S/c1-17-8-9-18(2)21(16-17)28(26,27)24-14-11-20(12-15-24)22(25)23-13-10-19-6-4-3-5-7-19/h6,8-9,16,20H,3-5,7,10-15H2,1-2H3,(H,23,25). The number of carbonyl (C=O) groups is 1. The third kappa shape index (κ3) is 5.03. The molecule has 0 saturated carbocycles. The number of piperidine rings is 1. The number of carbonyl (C=O) groups excluding carboxylic acids is 1.